The van der Waals surface area contributed by atoms with Gasteiger partial charge in [0.05, 0.1) is 6.61 Å². The molecule has 0 aliphatic carbocycles. The standard InChI is InChI=1S/C15H28O6/c1-3-4-5-6-7-8-11-19-9-10-14(21-11)12(16)13(17)15(18-2)20-10/h10-17H,3-9H2,1-2H3/t10?,11?,12-,13?,14-,15+/m1/s1. The van der Waals surface area contributed by atoms with E-state index in [-0.39, 0.29) is 6.29 Å². The Bertz CT molecular complexity index is 296. The lowest BCUT2D eigenvalue weighted by atomic mass is 9.98. The maximum Gasteiger partial charge on any atom is 0.186 e. The summed E-state index contributed by atoms with van der Waals surface area (Å²) in [5.41, 5.74) is 0. The van der Waals surface area contributed by atoms with Crippen LogP contribution in [0.4, 0.5) is 0 Å². The topological polar surface area (TPSA) is 77.4 Å². The van der Waals surface area contributed by atoms with Gasteiger partial charge in [0.25, 0.3) is 0 Å². The second-order valence-electron chi connectivity index (χ2n) is 5.83. The Morgan fingerprint density at radius 2 is 1.81 bits per heavy atom. The average Bonchev–Trinajstić information content (AvgIpc) is 2.51. The maximum absolute atomic E-state index is 10.1. The van der Waals surface area contributed by atoms with E-state index in [1.165, 1.54) is 32.8 Å². The molecule has 0 amide bonds. The first kappa shape index (κ1) is 17.1. The van der Waals surface area contributed by atoms with E-state index >= 15 is 0 Å². The number of aliphatic hydroxyl groups excluding tert-OH is 2. The monoisotopic (exact) mass is 304 g/mol. The Morgan fingerprint density at radius 1 is 1.05 bits per heavy atom. The molecule has 2 saturated heterocycles. The number of methoxy groups -OCH3 is 1. The number of hydrogen-bond donors (Lipinski definition) is 2. The molecule has 0 spiro atoms. The van der Waals surface area contributed by atoms with Crippen molar-refractivity contribution in [2.24, 2.45) is 0 Å². The van der Waals surface area contributed by atoms with Crippen LogP contribution >= 0.6 is 0 Å². The minimum atomic E-state index is -1.10. The van der Waals surface area contributed by atoms with E-state index in [1.54, 1.807) is 0 Å². The number of hydrogen-bond acceptors (Lipinski definition) is 6. The molecule has 2 heterocycles. The highest BCUT2D eigenvalue weighted by molar-refractivity contribution is 4.92. The van der Waals surface area contributed by atoms with Gasteiger partial charge in [-0.1, -0.05) is 32.6 Å². The lowest BCUT2D eigenvalue weighted by Crippen LogP contribution is -2.63. The lowest BCUT2D eigenvalue weighted by Gasteiger charge is -2.45. The van der Waals surface area contributed by atoms with E-state index in [0.29, 0.717) is 6.61 Å². The van der Waals surface area contributed by atoms with Crippen molar-refractivity contribution >= 4 is 0 Å². The molecule has 2 N–H and O–H groups in total. The molecule has 124 valence electrons. The van der Waals surface area contributed by atoms with Crippen LogP contribution in [-0.4, -0.2) is 60.9 Å². The maximum atomic E-state index is 10.1. The normalized spacial score (nSPS) is 40.0. The SMILES string of the molecule is CCCCCCCC1OCC2O[C@H](OC)C(O)[C@@H](O)[C@@H]2O1. The van der Waals surface area contributed by atoms with Crippen LogP contribution in [0, 0.1) is 0 Å². The zero-order valence-corrected chi connectivity index (χ0v) is 12.9. The predicted molar refractivity (Wildman–Crippen MR) is 75.7 cm³/mol. The molecule has 0 aromatic heterocycles. The number of unbranched alkanes of at least 4 members (excludes halogenated alkanes) is 4. The third-order valence-electron chi connectivity index (χ3n) is 4.17. The molecule has 0 saturated carbocycles. The van der Waals surface area contributed by atoms with Crippen LogP contribution in [0.25, 0.3) is 0 Å². The number of fused-ring (bicyclic) bond motifs is 1. The van der Waals surface area contributed by atoms with Crippen LogP contribution in [0.3, 0.4) is 0 Å². The van der Waals surface area contributed by atoms with E-state index in [1.807, 2.05) is 0 Å². The second kappa shape index (κ2) is 8.41. The molecular formula is C15H28O6. The second-order valence-corrected chi connectivity index (χ2v) is 5.83. The fraction of sp³-hybridized carbons (Fsp3) is 1.00. The Hall–Kier alpha value is -0.240. The molecule has 21 heavy (non-hydrogen) atoms. The molecule has 2 aliphatic heterocycles. The van der Waals surface area contributed by atoms with Crippen LogP contribution in [0.1, 0.15) is 45.4 Å². The molecule has 2 fully saturated rings. The number of ether oxygens (including phenoxy) is 4. The first-order valence-corrected chi connectivity index (χ1v) is 7.98. The van der Waals surface area contributed by atoms with Crippen molar-refractivity contribution in [3.05, 3.63) is 0 Å². The first-order chi connectivity index (χ1) is 10.2. The largest absolute Gasteiger partial charge is 0.387 e. The van der Waals surface area contributed by atoms with Gasteiger partial charge in [0.1, 0.15) is 24.4 Å². The molecule has 6 nitrogen and oxygen atoms in total. The zero-order chi connectivity index (χ0) is 15.2. The summed E-state index contributed by atoms with van der Waals surface area (Å²) in [5, 5.41) is 20.1. The summed E-state index contributed by atoms with van der Waals surface area (Å²) in [6.45, 7) is 2.55. The molecule has 0 bridgehead atoms. The number of rotatable bonds is 7. The fourth-order valence-electron chi connectivity index (χ4n) is 2.89. The summed E-state index contributed by atoms with van der Waals surface area (Å²) in [6.07, 6.45) is 2.51. The Labute approximate surface area is 126 Å². The van der Waals surface area contributed by atoms with Gasteiger partial charge in [0, 0.05) is 7.11 Å². The molecule has 3 unspecified atom stereocenters. The Kier molecular flexibility index (Phi) is 6.85. The van der Waals surface area contributed by atoms with Gasteiger partial charge in [-0.15, -0.1) is 0 Å². The first-order valence-electron chi connectivity index (χ1n) is 7.98. The average molecular weight is 304 g/mol. The Morgan fingerprint density at radius 3 is 2.52 bits per heavy atom. The predicted octanol–water partition coefficient (Wildman–Crippen LogP) is 1.18. The summed E-state index contributed by atoms with van der Waals surface area (Å²) in [7, 11) is 1.44. The Balaban J connectivity index is 1.77. The van der Waals surface area contributed by atoms with Crippen molar-refractivity contribution in [1.82, 2.24) is 0 Å². The minimum Gasteiger partial charge on any atom is -0.387 e. The minimum absolute atomic E-state index is 0.322. The van der Waals surface area contributed by atoms with Crippen LogP contribution < -0.4 is 0 Å². The summed E-state index contributed by atoms with van der Waals surface area (Å²) in [6, 6.07) is 0. The van der Waals surface area contributed by atoms with E-state index in [0.717, 1.165) is 12.8 Å². The lowest BCUT2D eigenvalue weighted by molar-refractivity contribution is -0.356. The highest BCUT2D eigenvalue weighted by Crippen LogP contribution is 2.29. The highest BCUT2D eigenvalue weighted by atomic mass is 16.7. The van der Waals surface area contributed by atoms with Gasteiger partial charge in [0.2, 0.25) is 0 Å². The quantitative estimate of drug-likeness (QED) is 0.688. The van der Waals surface area contributed by atoms with Crippen molar-refractivity contribution < 1.29 is 29.2 Å². The van der Waals surface area contributed by atoms with Gasteiger partial charge < -0.3 is 29.2 Å². The van der Waals surface area contributed by atoms with E-state index < -0.39 is 30.7 Å². The van der Waals surface area contributed by atoms with Crippen molar-refractivity contribution in [3.8, 4) is 0 Å². The van der Waals surface area contributed by atoms with Gasteiger partial charge in [-0.2, -0.15) is 0 Å². The van der Waals surface area contributed by atoms with Crippen LogP contribution in [0.2, 0.25) is 0 Å². The van der Waals surface area contributed by atoms with Crippen molar-refractivity contribution in [2.75, 3.05) is 13.7 Å². The zero-order valence-electron chi connectivity index (χ0n) is 12.9. The molecule has 2 rings (SSSR count). The van der Waals surface area contributed by atoms with E-state index in [9.17, 15) is 10.2 Å². The van der Waals surface area contributed by atoms with Crippen LogP contribution in [0.5, 0.6) is 0 Å². The van der Waals surface area contributed by atoms with Gasteiger partial charge in [-0.3, -0.25) is 0 Å². The summed E-state index contributed by atoms with van der Waals surface area (Å²) in [5.74, 6) is 0. The summed E-state index contributed by atoms with van der Waals surface area (Å²) >= 11 is 0. The molecule has 0 aromatic carbocycles. The molecular weight excluding hydrogens is 276 g/mol. The molecule has 0 radical (unpaired) electrons. The third-order valence-corrected chi connectivity index (χ3v) is 4.17. The molecule has 6 atom stereocenters. The third kappa shape index (κ3) is 4.37. The smallest absolute Gasteiger partial charge is 0.186 e. The van der Waals surface area contributed by atoms with Crippen molar-refractivity contribution in [1.29, 1.82) is 0 Å². The van der Waals surface area contributed by atoms with E-state index in [2.05, 4.69) is 6.92 Å². The summed E-state index contributed by atoms with van der Waals surface area (Å²) < 4.78 is 21.9. The van der Waals surface area contributed by atoms with Crippen LogP contribution in [0.15, 0.2) is 0 Å². The molecule has 6 heteroatoms. The van der Waals surface area contributed by atoms with Gasteiger partial charge in [-0.25, -0.2) is 0 Å². The number of aliphatic hydroxyl groups is 2. The van der Waals surface area contributed by atoms with Crippen molar-refractivity contribution in [2.45, 2.75) is 82.4 Å². The summed E-state index contributed by atoms with van der Waals surface area (Å²) in [4.78, 5) is 0. The van der Waals surface area contributed by atoms with E-state index in [4.69, 9.17) is 18.9 Å². The molecule has 0 aromatic rings. The van der Waals surface area contributed by atoms with Crippen LogP contribution in [-0.2, 0) is 18.9 Å². The van der Waals surface area contributed by atoms with Gasteiger partial charge in [-0.05, 0) is 12.8 Å². The van der Waals surface area contributed by atoms with Gasteiger partial charge in [0.15, 0.2) is 12.6 Å². The molecule has 2 aliphatic rings. The fourth-order valence-corrected chi connectivity index (χ4v) is 2.89. The van der Waals surface area contributed by atoms with Crippen molar-refractivity contribution in [3.63, 3.8) is 0 Å². The highest BCUT2D eigenvalue weighted by Gasteiger charge is 2.48. The van der Waals surface area contributed by atoms with Gasteiger partial charge >= 0.3 is 0 Å².